The zero-order valence-electron chi connectivity index (χ0n) is 13.2. The number of aromatic carboxylic acids is 1. The summed E-state index contributed by atoms with van der Waals surface area (Å²) in [5.74, 6) is -0.967. The first-order valence-corrected chi connectivity index (χ1v) is 8.16. The second kappa shape index (κ2) is 6.89. The Bertz CT molecular complexity index is 855. The van der Waals surface area contributed by atoms with E-state index in [0.29, 0.717) is 22.8 Å². The smallest absolute Gasteiger partial charge is 0.339 e. The monoisotopic (exact) mass is 340 g/mol. The number of hydrogen-bond donors (Lipinski definition) is 1. The van der Waals surface area contributed by atoms with E-state index < -0.39 is 5.97 Å². The molecule has 122 valence electrons. The number of carboxylic acids is 1. The van der Waals surface area contributed by atoms with Gasteiger partial charge in [0.1, 0.15) is 11.3 Å². The molecule has 0 saturated heterocycles. The van der Waals surface area contributed by atoms with E-state index in [1.807, 2.05) is 37.3 Å². The van der Waals surface area contributed by atoms with Gasteiger partial charge in [0.15, 0.2) is 0 Å². The Morgan fingerprint density at radius 3 is 2.38 bits per heavy atom. The fraction of sp³-hybridized carbons (Fsp3) is 0.158. The fourth-order valence-electron chi connectivity index (χ4n) is 2.74. The normalized spacial score (nSPS) is 10.8. The Labute approximate surface area is 145 Å². The van der Waals surface area contributed by atoms with Crippen LogP contribution in [0.15, 0.2) is 54.6 Å². The fourth-order valence-corrected chi connectivity index (χ4v) is 2.86. The molecule has 0 spiro atoms. The van der Waals surface area contributed by atoms with Crippen LogP contribution >= 0.6 is 11.6 Å². The van der Waals surface area contributed by atoms with Gasteiger partial charge < -0.3 is 5.11 Å². The molecule has 3 rings (SSSR count). The number of carbonyl (C=O) groups is 1. The van der Waals surface area contributed by atoms with Crippen LogP contribution in [0.3, 0.4) is 0 Å². The van der Waals surface area contributed by atoms with Crippen LogP contribution in [-0.4, -0.2) is 20.9 Å². The lowest BCUT2D eigenvalue weighted by Crippen LogP contribution is -2.06. The van der Waals surface area contributed by atoms with Crippen LogP contribution in [0, 0.1) is 0 Å². The van der Waals surface area contributed by atoms with E-state index in [-0.39, 0.29) is 5.56 Å². The van der Waals surface area contributed by atoms with Gasteiger partial charge >= 0.3 is 5.97 Å². The van der Waals surface area contributed by atoms with Gasteiger partial charge in [0.25, 0.3) is 0 Å². The summed E-state index contributed by atoms with van der Waals surface area (Å²) in [6, 6.07) is 16.7. The molecular weight excluding hydrogens is 324 g/mol. The van der Waals surface area contributed by atoms with Crippen LogP contribution < -0.4 is 0 Å². The molecule has 1 aromatic heterocycles. The minimum atomic E-state index is -0.967. The highest BCUT2D eigenvalue weighted by molar-refractivity contribution is 6.30. The molecular formula is C19H17ClN2O2. The topological polar surface area (TPSA) is 55.1 Å². The zero-order chi connectivity index (χ0) is 17.1. The largest absolute Gasteiger partial charge is 0.478 e. The maximum absolute atomic E-state index is 11.9. The van der Waals surface area contributed by atoms with Crippen molar-refractivity contribution in [2.45, 2.75) is 19.8 Å². The van der Waals surface area contributed by atoms with Crippen LogP contribution in [0.1, 0.15) is 29.4 Å². The molecule has 0 bridgehead atoms. The lowest BCUT2D eigenvalue weighted by atomic mass is 10.0. The third-order valence-corrected chi connectivity index (χ3v) is 4.05. The van der Waals surface area contributed by atoms with Crippen LogP contribution in [0.2, 0.25) is 5.02 Å². The van der Waals surface area contributed by atoms with E-state index in [1.165, 1.54) is 0 Å². The number of para-hydroxylation sites is 1. The molecule has 0 amide bonds. The summed E-state index contributed by atoms with van der Waals surface area (Å²) in [5.41, 5.74) is 3.02. The Morgan fingerprint density at radius 1 is 1.12 bits per heavy atom. The van der Waals surface area contributed by atoms with E-state index in [2.05, 4.69) is 5.10 Å². The quantitative estimate of drug-likeness (QED) is 0.722. The summed E-state index contributed by atoms with van der Waals surface area (Å²) < 4.78 is 1.73. The van der Waals surface area contributed by atoms with Gasteiger partial charge in [-0.15, -0.1) is 0 Å². The van der Waals surface area contributed by atoms with Crippen LogP contribution in [0.5, 0.6) is 0 Å². The highest BCUT2D eigenvalue weighted by Crippen LogP contribution is 2.29. The standard InChI is InChI=1S/C19H17ClN2O2/c1-2-6-16-17(19(23)24)18(13-9-11-14(20)12-10-13)21-22(16)15-7-4-3-5-8-15/h3-5,7-12H,2,6H2,1H3,(H,23,24). The lowest BCUT2D eigenvalue weighted by Gasteiger charge is -2.07. The summed E-state index contributed by atoms with van der Waals surface area (Å²) >= 11 is 5.94. The molecule has 0 aliphatic heterocycles. The van der Waals surface area contributed by atoms with Crippen molar-refractivity contribution < 1.29 is 9.90 Å². The van der Waals surface area contributed by atoms with Gasteiger partial charge in [-0.3, -0.25) is 0 Å². The van der Waals surface area contributed by atoms with Crippen molar-refractivity contribution in [3.63, 3.8) is 0 Å². The van der Waals surface area contributed by atoms with Crippen molar-refractivity contribution in [2.75, 3.05) is 0 Å². The van der Waals surface area contributed by atoms with E-state index in [1.54, 1.807) is 28.9 Å². The van der Waals surface area contributed by atoms with Crippen molar-refractivity contribution in [3.05, 3.63) is 70.9 Å². The number of halogens is 1. The molecule has 24 heavy (non-hydrogen) atoms. The zero-order valence-corrected chi connectivity index (χ0v) is 14.0. The molecule has 1 N–H and O–H groups in total. The second-order valence-electron chi connectivity index (χ2n) is 5.48. The number of aromatic nitrogens is 2. The highest BCUT2D eigenvalue weighted by Gasteiger charge is 2.24. The van der Waals surface area contributed by atoms with Gasteiger partial charge in [-0.25, -0.2) is 9.48 Å². The van der Waals surface area contributed by atoms with Crippen LogP contribution in [0.25, 0.3) is 16.9 Å². The Hall–Kier alpha value is -2.59. The van der Waals surface area contributed by atoms with Crippen LogP contribution in [-0.2, 0) is 6.42 Å². The molecule has 0 saturated carbocycles. The van der Waals surface area contributed by atoms with E-state index in [9.17, 15) is 9.90 Å². The molecule has 1 heterocycles. The van der Waals surface area contributed by atoms with E-state index >= 15 is 0 Å². The van der Waals surface area contributed by atoms with Gasteiger partial charge in [-0.1, -0.05) is 55.3 Å². The predicted molar refractivity (Wildman–Crippen MR) is 95.0 cm³/mol. The first kappa shape index (κ1) is 16.3. The summed E-state index contributed by atoms with van der Waals surface area (Å²) in [5, 5.41) is 15.0. The van der Waals surface area contributed by atoms with Crippen molar-refractivity contribution in [3.8, 4) is 16.9 Å². The van der Waals surface area contributed by atoms with Gasteiger partial charge in [0.05, 0.1) is 11.4 Å². The Balaban J connectivity index is 2.25. The molecule has 5 heteroatoms. The predicted octanol–water partition coefficient (Wildman–Crippen LogP) is 4.84. The molecule has 0 aliphatic rings. The SMILES string of the molecule is CCCc1c(C(=O)O)c(-c2ccc(Cl)cc2)nn1-c1ccccc1. The molecule has 0 unspecified atom stereocenters. The molecule has 0 atom stereocenters. The summed E-state index contributed by atoms with van der Waals surface area (Å²) in [6.07, 6.45) is 1.47. The molecule has 0 radical (unpaired) electrons. The van der Waals surface area contributed by atoms with Gasteiger partial charge in [0.2, 0.25) is 0 Å². The number of hydrogen-bond acceptors (Lipinski definition) is 2. The van der Waals surface area contributed by atoms with E-state index in [0.717, 1.165) is 17.7 Å². The Kier molecular flexibility index (Phi) is 4.67. The average molecular weight is 341 g/mol. The molecule has 4 nitrogen and oxygen atoms in total. The first-order valence-electron chi connectivity index (χ1n) is 7.78. The minimum absolute atomic E-state index is 0.253. The van der Waals surface area contributed by atoms with E-state index in [4.69, 9.17) is 11.6 Å². The summed E-state index contributed by atoms with van der Waals surface area (Å²) in [7, 11) is 0. The number of benzene rings is 2. The number of carboxylic acid groups (broad SMARTS) is 1. The lowest BCUT2D eigenvalue weighted by molar-refractivity contribution is 0.0696. The second-order valence-corrected chi connectivity index (χ2v) is 5.92. The summed E-state index contributed by atoms with van der Waals surface area (Å²) in [6.45, 7) is 2.02. The number of nitrogens with zero attached hydrogens (tertiary/aromatic N) is 2. The minimum Gasteiger partial charge on any atom is -0.478 e. The summed E-state index contributed by atoms with van der Waals surface area (Å²) in [4.78, 5) is 11.9. The number of rotatable bonds is 5. The third kappa shape index (κ3) is 3.05. The average Bonchev–Trinajstić information content (AvgIpc) is 2.96. The van der Waals surface area contributed by atoms with Gasteiger partial charge in [-0.2, -0.15) is 5.10 Å². The maximum Gasteiger partial charge on any atom is 0.339 e. The molecule has 0 fully saturated rings. The van der Waals surface area contributed by atoms with Crippen molar-refractivity contribution in [2.24, 2.45) is 0 Å². The van der Waals surface area contributed by atoms with Crippen LogP contribution in [0.4, 0.5) is 0 Å². The maximum atomic E-state index is 11.9. The third-order valence-electron chi connectivity index (χ3n) is 3.80. The van der Waals surface area contributed by atoms with Gasteiger partial charge in [-0.05, 0) is 30.7 Å². The molecule has 0 aliphatic carbocycles. The first-order chi connectivity index (χ1) is 11.6. The van der Waals surface area contributed by atoms with Gasteiger partial charge in [0, 0.05) is 10.6 Å². The molecule has 2 aromatic carbocycles. The highest BCUT2D eigenvalue weighted by atomic mass is 35.5. The molecule has 3 aromatic rings. The van der Waals surface area contributed by atoms with Crippen molar-refractivity contribution >= 4 is 17.6 Å². The van der Waals surface area contributed by atoms with Crippen molar-refractivity contribution in [1.29, 1.82) is 0 Å². The van der Waals surface area contributed by atoms with Crippen molar-refractivity contribution in [1.82, 2.24) is 9.78 Å². The Morgan fingerprint density at radius 2 is 1.79 bits per heavy atom.